The van der Waals surface area contributed by atoms with Gasteiger partial charge < -0.3 is 28.6 Å². The van der Waals surface area contributed by atoms with Gasteiger partial charge in [-0.2, -0.15) is 0 Å². The summed E-state index contributed by atoms with van der Waals surface area (Å²) in [6.45, 7) is 4.26. The van der Waals surface area contributed by atoms with Gasteiger partial charge in [-0.3, -0.25) is 9.59 Å². The van der Waals surface area contributed by atoms with E-state index in [1.54, 1.807) is 21.1 Å². The number of quaternary nitrogens is 1. The Labute approximate surface area is 328 Å². The molecule has 0 heterocycles. The molecule has 2 unspecified atom stereocenters. The largest absolute Gasteiger partial charge is 0.544 e. The summed E-state index contributed by atoms with van der Waals surface area (Å²) in [6.07, 6.45) is 48.4. The molecule has 0 N–H and O–H groups in total. The average molecular weight is 750 g/mol. The zero-order valence-electron chi connectivity index (χ0n) is 34.1. The zero-order chi connectivity index (χ0) is 40.0. The highest BCUT2D eigenvalue weighted by molar-refractivity contribution is 5.70. The van der Waals surface area contributed by atoms with Gasteiger partial charge in [-0.25, -0.2) is 0 Å². The lowest BCUT2D eigenvalue weighted by Crippen LogP contribution is -2.55. The van der Waals surface area contributed by atoms with Crippen molar-refractivity contribution in [3.63, 3.8) is 0 Å². The van der Waals surface area contributed by atoms with Crippen molar-refractivity contribution in [3.8, 4) is 0 Å². The Kier molecular flexibility index (Phi) is 33.3. The first kappa shape index (κ1) is 50.0. The monoisotopic (exact) mass is 750 g/mol. The van der Waals surface area contributed by atoms with Crippen LogP contribution in [0.4, 0.5) is 0 Å². The van der Waals surface area contributed by atoms with Crippen molar-refractivity contribution >= 4 is 17.9 Å². The number of unbranched alkanes of at least 4 members (excludes halogenated alkanes) is 4. The van der Waals surface area contributed by atoms with E-state index >= 15 is 0 Å². The lowest BCUT2D eigenvalue weighted by Gasteiger charge is -2.34. The third-order valence-electron chi connectivity index (χ3n) is 8.00. The minimum atomic E-state index is -1.15. The first-order chi connectivity index (χ1) is 26.1. The third kappa shape index (κ3) is 33.8. The molecule has 0 bridgehead atoms. The molecule has 0 aliphatic heterocycles. The summed E-state index contributed by atoms with van der Waals surface area (Å²) in [6, 6.07) is -0.748. The van der Waals surface area contributed by atoms with Crippen molar-refractivity contribution in [2.24, 2.45) is 0 Å². The molecule has 0 saturated carbocycles. The number of hydrogen-bond acceptors (Lipinski definition) is 7. The maximum Gasteiger partial charge on any atom is 0.306 e. The van der Waals surface area contributed by atoms with Gasteiger partial charge in [-0.05, 0) is 70.6 Å². The molecular formula is C46H71NO7. The van der Waals surface area contributed by atoms with Crippen molar-refractivity contribution in [3.05, 3.63) is 109 Å². The molecule has 0 aromatic heterocycles. The molecule has 0 aliphatic carbocycles. The van der Waals surface area contributed by atoms with Crippen LogP contribution in [0.3, 0.4) is 0 Å². The molecule has 0 aliphatic rings. The molecule has 2 atom stereocenters. The lowest BCUT2D eigenvalue weighted by molar-refractivity contribution is -0.889. The van der Waals surface area contributed by atoms with Gasteiger partial charge in [0.2, 0.25) is 0 Å². The molecular weight excluding hydrogens is 679 g/mol. The molecule has 0 aromatic rings. The van der Waals surface area contributed by atoms with Crippen LogP contribution in [-0.4, -0.2) is 75.5 Å². The minimum absolute atomic E-state index is 0.00163. The molecule has 0 spiro atoms. The Hall–Kier alpha value is -4.01. The maximum atomic E-state index is 12.6. The minimum Gasteiger partial charge on any atom is -0.544 e. The average Bonchev–Trinajstić information content (AvgIpc) is 3.12. The fourth-order valence-electron chi connectivity index (χ4n) is 4.94. The van der Waals surface area contributed by atoms with Crippen LogP contribution in [0.25, 0.3) is 0 Å². The van der Waals surface area contributed by atoms with Crippen molar-refractivity contribution in [1.82, 2.24) is 0 Å². The van der Waals surface area contributed by atoms with Crippen molar-refractivity contribution in [2.75, 3.05) is 41.0 Å². The number of carboxylic acids is 1. The summed E-state index contributed by atoms with van der Waals surface area (Å²) in [7, 11) is 5.35. The Balaban J connectivity index is 4.58. The molecule has 0 aromatic carbocycles. The van der Waals surface area contributed by atoms with E-state index in [0.29, 0.717) is 12.8 Å². The SMILES string of the molecule is CC/C=C/C=C/C=C/C=C/CCCCCC(=O)OC(COCCC(C(=O)[O-])[N+](C)(C)C)COC(=O)CCC/C=C/C/C=C/C/C=C/C/C=C/C/C=C/CC. The van der Waals surface area contributed by atoms with E-state index in [9.17, 15) is 19.5 Å². The Bertz CT molecular complexity index is 1240. The van der Waals surface area contributed by atoms with E-state index in [0.717, 1.165) is 64.2 Å². The Morgan fingerprint density at radius 3 is 1.67 bits per heavy atom. The van der Waals surface area contributed by atoms with Crippen molar-refractivity contribution in [2.45, 2.75) is 122 Å². The number of nitrogens with zero attached hydrogens (tertiary/aromatic N) is 1. The van der Waals surface area contributed by atoms with Crippen LogP contribution >= 0.6 is 0 Å². The predicted octanol–water partition coefficient (Wildman–Crippen LogP) is 9.18. The highest BCUT2D eigenvalue weighted by atomic mass is 16.6. The van der Waals surface area contributed by atoms with Gasteiger partial charge in [-0.1, -0.05) is 130 Å². The normalized spacial score (nSPS) is 14.2. The van der Waals surface area contributed by atoms with E-state index in [1.165, 1.54) is 0 Å². The summed E-state index contributed by atoms with van der Waals surface area (Å²) in [5.41, 5.74) is 0. The summed E-state index contributed by atoms with van der Waals surface area (Å²) in [5, 5.41) is 11.6. The first-order valence-corrected chi connectivity index (χ1v) is 20.0. The van der Waals surface area contributed by atoms with Gasteiger partial charge >= 0.3 is 11.9 Å². The fraction of sp³-hybridized carbons (Fsp3) is 0.543. The van der Waals surface area contributed by atoms with Gasteiger partial charge in [0.15, 0.2) is 6.10 Å². The number of esters is 2. The molecule has 0 radical (unpaired) electrons. The predicted molar refractivity (Wildman–Crippen MR) is 221 cm³/mol. The van der Waals surface area contributed by atoms with Crippen molar-refractivity contribution in [1.29, 1.82) is 0 Å². The van der Waals surface area contributed by atoms with E-state index < -0.39 is 18.1 Å². The van der Waals surface area contributed by atoms with E-state index in [4.69, 9.17) is 14.2 Å². The highest BCUT2D eigenvalue weighted by Gasteiger charge is 2.25. The van der Waals surface area contributed by atoms with Gasteiger partial charge in [0.25, 0.3) is 0 Å². The standard InChI is InChI=1S/C46H71NO7/c1-6-8-10-12-14-16-18-20-21-22-23-25-26-28-30-32-34-36-44(48)53-41-42(40-52-39-38-43(46(50)51)47(3,4)5)54-45(49)37-35-33-31-29-27-24-19-17-15-13-11-9-7-2/h8-11,13-17,19-21,23-25,27-28,30,42-43H,6-7,12,18,22,26,29,31-41H2,1-5H3/b10-8+,11-9+,15-13+,16-14+,19-17+,21-20+,25-23+,27-24+,30-28+. The second-order valence-electron chi connectivity index (χ2n) is 13.8. The number of allylic oxidation sites excluding steroid dienone is 18. The molecule has 8 nitrogen and oxygen atoms in total. The van der Waals surface area contributed by atoms with Gasteiger partial charge in [0.05, 0.1) is 40.3 Å². The number of carbonyl (C=O) groups is 3. The molecule has 302 valence electrons. The van der Waals surface area contributed by atoms with Crippen LogP contribution in [0.15, 0.2) is 109 Å². The van der Waals surface area contributed by atoms with Gasteiger partial charge in [0, 0.05) is 19.3 Å². The van der Waals surface area contributed by atoms with Crippen molar-refractivity contribution < 1.29 is 38.2 Å². The Morgan fingerprint density at radius 2 is 1.09 bits per heavy atom. The third-order valence-corrected chi connectivity index (χ3v) is 8.00. The zero-order valence-corrected chi connectivity index (χ0v) is 34.1. The highest BCUT2D eigenvalue weighted by Crippen LogP contribution is 2.10. The smallest absolute Gasteiger partial charge is 0.306 e. The second-order valence-corrected chi connectivity index (χ2v) is 13.8. The summed E-state index contributed by atoms with van der Waals surface area (Å²) in [4.78, 5) is 36.7. The van der Waals surface area contributed by atoms with Crippen LogP contribution in [0, 0.1) is 0 Å². The topological polar surface area (TPSA) is 102 Å². The summed E-state index contributed by atoms with van der Waals surface area (Å²) < 4.78 is 17.0. The fourth-order valence-corrected chi connectivity index (χ4v) is 4.94. The van der Waals surface area contributed by atoms with E-state index in [1.807, 2.05) is 36.5 Å². The summed E-state index contributed by atoms with van der Waals surface area (Å²) in [5.74, 6) is -1.88. The van der Waals surface area contributed by atoms with Crippen LogP contribution < -0.4 is 5.11 Å². The maximum absolute atomic E-state index is 12.6. The lowest BCUT2D eigenvalue weighted by atomic mass is 10.1. The Morgan fingerprint density at radius 1 is 0.574 bits per heavy atom. The molecule has 8 heteroatoms. The van der Waals surface area contributed by atoms with Crippen LogP contribution in [0.1, 0.15) is 110 Å². The number of likely N-dealkylation sites (N-methyl/N-ethyl adjacent to an activating group) is 1. The van der Waals surface area contributed by atoms with Crippen LogP contribution in [0.5, 0.6) is 0 Å². The number of rotatable bonds is 33. The number of carboxylic acid groups (broad SMARTS) is 1. The van der Waals surface area contributed by atoms with Crippen LogP contribution in [-0.2, 0) is 28.6 Å². The van der Waals surface area contributed by atoms with Gasteiger partial charge in [-0.15, -0.1) is 0 Å². The van der Waals surface area contributed by atoms with E-state index in [2.05, 4.69) is 86.8 Å². The molecule has 0 rings (SSSR count). The molecule has 0 fully saturated rings. The van der Waals surface area contributed by atoms with Crippen LogP contribution in [0.2, 0.25) is 0 Å². The number of carbonyl (C=O) groups excluding carboxylic acids is 3. The second kappa shape index (κ2) is 36.0. The summed E-state index contributed by atoms with van der Waals surface area (Å²) >= 11 is 0. The van der Waals surface area contributed by atoms with E-state index in [-0.39, 0.29) is 55.5 Å². The number of ether oxygens (including phenoxy) is 3. The number of hydrogen-bond donors (Lipinski definition) is 0. The molecule has 54 heavy (non-hydrogen) atoms. The first-order valence-electron chi connectivity index (χ1n) is 20.0. The molecule has 0 saturated heterocycles. The number of aliphatic carboxylic acids is 1. The van der Waals surface area contributed by atoms with Gasteiger partial charge in [0.1, 0.15) is 12.6 Å². The molecule has 0 amide bonds. The quantitative estimate of drug-likeness (QED) is 0.0217.